The highest BCUT2D eigenvalue weighted by molar-refractivity contribution is 5.38. The van der Waals surface area contributed by atoms with E-state index in [0.717, 1.165) is 29.9 Å². The second kappa shape index (κ2) is 10.4. The van der Waals surface area contributed by atoms with Gasteiger partial charge in [0.1, 0.15) is 0 Å². The van der Waals surface area contributed by atoms with Gasteiger partial charge in [0.05, 0.1) is 17.8 Å². The number of aliphatic hydroxyl groups is 3. The molecule has 3 nitrogen and oxygen atoms in total. The summed E-state index contributed by atoms with van der Waals surface area (Å²) < 4.78 is 0. The van der Waals surface area contributed by atoms with E-state index in [1.54, 1.807) is 5.57 Å². The van der Waals surface area contributed by atoms with E-state index in [-0.39, 0.29) is 0 Å². The summed E-state index contributed by atoms with van der Waals surface area (Å²) in [4.78, 5) is 0. The van der Waals surface area contributed by atoms with Crippen LogP contribution in [0.4, 0.5) is 0 Å². The molecule has 0 bridgehead atoms. The fourth-order valence-electron chi connectivity index (χ4n) is 6.57. The Kier molecular flexibility index (Phi) is 8.27. The molecule has 0 spiro atoms. The fraction of sp³-hybridized carbons (Fsp3) is 0.786. The summed E-state index contributed by atoms with van der Waals surface area (Å²) in [6, 6.07) is 0. The first-order valence-electron chi connectivity index (χ1n) is 12.8. The van der Waals surface area contributed by atoms with Gasteiger partial charge in [-0.15, -0.1) is 0 Å². The maximum atomic E-state index is 10.1. The molecule has 0 heterocycles. The number of aliphatic hydroxyl groups excluding tert-OH is 2. The molecule has 0 aromatic carbocycles. The van der Waals surface area contributed by atoms with Crippen LogP contribution in [0.25, 0.3) is 0 Å². The number of unbranched alkanes of at least 4 members (excludes halogenated alkanes) is 3. The van der Waals surface area contributed by atoms with E-state index >= 15 is 0 Å². The summed E-state index contributed by atoms with van der Waals surface area (Å²) in [5, 5.41) is 30.0. The molecule has 0 saturated heterocycles. The normalized spacial score (nSPS) is 36.9. The molecule has 3 saturated carbocycles. The number of rotatable bonds is 8. The van der Waals surface area contributed by atoms with Crippen molar-refractivity contribution in [1.82, 2.24) is 0 Å². The maximum absolute atomic E-state index is 10.1. The van der Waals surface area contributed by atoms with Gasteiger partial charge in [-0.25, -0.2) is 0 Å². The number of hydrogen-bond donors (Lipinski definition) is 3. The van der Waals surface area contributed by atoms with Crippen LogP contribution in [0.15, 0.2) is 35.5 Å². The molecule has 0 amide bonds. The molecule has 176 valence electrons. The molecule has 3 rings (SSSR count). The van der Waals surface area contributed by atoms with Crippen LogP contribution in [-0.2, 0) is 0 Å². The molecule has 0 unspecified atom stereocenters. The average molecular weight is 431 g/mol. The zero-order chi connectivity index (χ0) is 22.6. The third-order valence-corrected chi connectivity index (χ3v) is 8.52. The van der Waals surface area contributed by atoms with Gasteiger partial charge in [-0.3, -0.25) is 0 Å². The zero-order valence-corrected chi connectivity index (χ0v) is 20.2. The Hall–Kier alpha value is -0.900. The number of hydrogen-bond acceptors (Lipinski definition) is 3. The van der Waals surface area contributed by atoms with Crippen LogP contribution >= 0.6 is 0 Å². The molecule has 3 N–H and O–H groups in total. The summed E-state index contributed by atoms with van der Waals surface area (Å²) in [5.74, 6) is 1.51. The van der Waals surface area contributed by atoms with Gasteiger partial charge in [0.25, 0.3) is 0 Å². The lowest BCUT2D eigenvalue weighted by Gasteiger charge is -2.45. The SMILES string of the molecule is C=C1/C(=C/C=C2\CC[C@@H](CCCCCCC(C)(C)O)[C@]3(C)CCC[C@@H]23)C[C@@H](O)C[C@@H]1O. The molecule has 3 aliphatic rings. The lowest BCUT2D eigenvalue weighted by Crippen LogP contribution is -2.36. The standard InChI is InChI=1S/C28H46O3/c1-20-22(18-24(29)19-26(20)30)13-12-21-14-15-23(28(4)17-9-11-25(21)28)10-7-5-6-8-16-27(2,3)31/h12-13,23-26,29-31H,1,5-11,14-19H2,2-4H3/b21-12+,22-13+/t23-,24-,25+,26+,28+/m1/s1. The highest BCUT2D eigenvalue weighted by Gasteiger charge is 2.48. The molecular weight excluding hydrogens is 384 g/mol. The van der Waals surface area contributed by atoms with Gasteiger partial charge in [0.2, 0.25) is 0 Å². The second-order valence-corrected chi connectivity index (χ2v) is 11.5. The number of fused-ring (bicyclic) bond motifs is 1. The molecular formula is C28H46O3. The van der Waals surface area contributed by atoms with Crippen molar-refractivity contribution < 1.29 is 15.3 Å². The second-order valence-electron chi connectivity index (χ2n) is 11.5. The fourth-order valence-corrected chi connectivity index (χ4v) is 6.57. The van der Waals surface area contributed by atoms with E-state index in [1.807, 2.05) is 13.8 Å². The predicted octanol–water partition coefficient (Wildman–Crippen LogP) is 6.24. The van der Waals surface area contributed by atoms with Gasteiger partial charge in [-0.05, 0) is 87.2 Å². The van der Waals surface area contributed by atoms with Crippen LogP contribution in [0.1, 0.15) is 104 Å². The van der Waals surface area contributed by atoms with Crippen molar-refractivity contribution in [1.29, 1.82) is 0 Å². The quantitative estimate of drug-likeness (QED) is 0.400. The minimum absolute atomic E-state index is 0.410. The van der Waals surface area contributed by atoms with Gasteiger partial charge >= 0.3 is 0 Å². The van der Waals surface area contributed by atoms with Crippen molar-refractivity contribution in [2.75, 3.05) is 0 Å². The van der Waals surface area contributed by atoms with E-state index in [0.29, 0.717) is 24.2 Å². The van der Waals surface area contributed by atoms with E-state index in [9.17, 15) is 15.3 Å². The maximum Gasteiger partial charge on any atom is 0.0811 e. The summed E-state index contributed by atoms with van der Waals surface area (Å²) >= 11 is 0. The molecule has 0 aromatic rings. The molecule has 0 radical (unpaired) electrons. The van der Waals surface area contributed by atoms with Crippen molar-refractivity contribution in [3.63, 3.8) is 0 Å². The Bertz CT molecular complexity index is 683. The first-order valence-corrected chi connectivity index (χ1v) is 12.8. The minimum Gasteiger partial charge on any atom is -0.393 e. The zero-order valence-electron chi connectivity index (χ0n) is 20.2. The Morgan fingerprint density at radius 1 is 1.10 bits per heavy atom. The molecule has 31 heavy (non-hydrogen) atoms. The highest BCUT2D eigenvalue weighted by Crippen LogP contribution is 2.58. The molecule has 0 aliphatic heterocycles. The van der Waals surface area contributed by atoms with Crippen LogP contribution in [-0.4, -0.2) is 33.1 Å². The molecule has 5 atom stereocenters. The molecule has 0 aromatic heterocycles. The summed E-state index contributed by atoms with van der Waals surface area (Å²) in [6.45, 7) is 10.4. The Morgan fingerprint density at radius 2 is 1.84 bits per heavy atom. The van der Waals surface area contributed by atoms with Crippen molar-refractivity contribution in [2.24, 2.45) is 17.3 Å². The van der Waals surface area contributed by atoms with Crippen LogP contribution < -0.4 is 0 Å². The summed E-state index contributed by atoms with van der Waals surface area (Å²) in [6.07, 6.45) is 18.1. The van der Waals surface area contributed by atoms with Crippen LogP contribution in [0.5, 0.6) is 0 Å². The molecule has 3 aliphatic carbocycles. The van der Waals surface area contributed by atoms with Crippen molar-refractivity contribution in [2.45, 2.75) is 122 Å². The average Bonchev–Trinajstić information content (AvgIpc) is 3.09. The van der Waals surface area contributed by atoms with Crippen LogP contribution in [0, 0.1) is 17.3 Å². The lowest BCUT2D eigenvalue weighted by molar-refractivity contribution is 0.0676. The summed E-state index contributed by atoms with van der Waals surface area (Å²) in [7, 11) is 0. The summed E-state index contributed by atoms with van der Waals surface area (Å²) in [5.41, 5.74) is 3.29. The van der Waals surface area contributed by atoms with Gasteiger partial charge in [0.15, 0.2) is 0 Å². The van der Waals surface area contributed by atoms with Crippen LogP contribution in [0.2, 0.25) is 0 Å². The largest absolute Gasteiger partial charge is 0.393 e. The first-order chi connectivity index (χ1) is 14.6. The van der Waals surface area contributed by atoms with Gasteiger partial charge < -0.3 is 15.3 Å². The molecule has 3 heteroatoms. The lowest BCUT2D eigenvalue weighted by atomic mass is 9.59. The Labute approximate surface area is 190 Å². The highest BCUT2D eigenvalue weighted by atomic mass is 16.3. The van der Waals surface area contributed by atoms with E-state index in [1.165, 1.54) is 57.8 Å². The van der Waals surface area contributed by atoms with Crippen LogP contribution in [0.3, 0.4) is 0 Å². The van der Waals surface area contributed by atoms with E-state index in [4.69, 9.17) is 0 Å². The van der Waals surface area contributed by atoms with Gasteiger partial charge in [0, 0.05) is 6.42 Å². The Balaban J connectivity index is 1.57. The van der Waals surface area contributed by atoms with Gasteiger partial charge in [-0.1, -0.05) is 63.3 Å². The smallest absolute Gasteiger partial charge is 0.0811 e. The monoisotopic (exact) mass is 430 g/mol. The third kappa shape index (κ3) is 6.33. The topological polar surface area (TPSA) is 60.7 Å². The third-order valence-electron chi connectivity index (χ3n) is 8.52. The van der Waals surface area contributed by atoms with E-state index < -0.39 is 17.8 Å². The number of allylic oxidation sites excluding steroid dienone is 3. The van der Waals surface area contributed by atoms with Crippen molar-refractivity contribution >= 4 is 0 Å². The van der Waals surface area contributed by atoms with Gasteiger partial charge in [-0.2, -0.15) is 0 Å². The van der Waals surface area contributed by atoms with Crippen molar-refractivity contribution in [3.8, 4) is 0 Å². The van der Waals surface area contributed by atoms with E-state index in [2.05, 4.69) is 25.7 Å². The van der Waals surface area contributed by atoms with Crippen molar-refractivity contribution in [3.05, 3.63) is 35.5 Å². The predicted molar refractivity (Wildman–Crippen MR) is 129 cm³/mol. The Morgan fingerprint density at radius 3 is 2.58 bits per heavy atom. The minimum atomic E-state index is -0.607. The molecule has 3 fully saturated rings. The first kappa shape index (κ1) is 24.7.